The van der Waals surface area contributed by atoms with Gasteiger partial charge in [0.25, 0.3) is 0 Å². The van der Waals surface area contributed by atoms with Crippen LogP contribution in [0.5, 0.6) is 0 Å². The lowest BCUT2D eigenvalue weighted by molar-refractivity contribution is 0.161. The van der Waals surface area contributed by atoms with Crippen molar-refractivity contribution < 1.29 is 13.7 Å². The number of rotatable bonds is 4. The molecule has 1 rings (SSSR count). The first-order valence-corrected chi connectivity index (χ1v) is 5.64. The van der Waals surface area contributed by atoms with Crippen LogP contribution in [-0.4, -0.2) is 27.8 Å². The van der Waals surface area contributed by atoms with Gasteiger partial charge in [-0.15, -0.1) is 0 Å². The van der Waals surface area contributed by atoms with Crippen LogP contribution in [0.4, 0.5) is 4.39 Å². The van der Waals surface area contributed by atoms with Crippen LogP contribution in [0.1, 0.15) is 5.56 Å². The second kappa shape index (κ2) is 5.22. The van der Waals surface area contributed by atoms with Gasteiger partial charge in [0, 0.05) is 4.90 Å². The van der Waals surface area contributed by atoms with Crippen molar-refractivity contribution in [1.29, 1.82) is 0 Å². The van der Waals surface area contributed by atoms with Crippen molar-refractivity contribution in [2.45, 2.75) is 17.9 Å². The van der Waals surface area contributed by atoms with E-state index in [2.05, 4.69) is 0 Å². The molecule has 1 N–H and O–H groups in total. The minimum atomic E-state index is -1.31. The quantitative estimate of drug-likeness (QED) is 0.826. The number of hydrogen-bond donors (Lipinski definition) is 1. The highest BCUT2D eigenvalue weighted by atomic mass is 32.2. The lowest BCUT2D eigenvalue weighted by Crippen LogP contribution is -2.18. The Morgan fingerprint density at radius 3 is 2.50 bits per heavy atom. The molecule has 0 spiro atoms. The van der Waals surface area contributed by atoms with E-state index in [9.17, 15) is 8.60 Å². The van der Waals surface area contributed by atoms with E-state index < -0.39 is 23.6 Å². The molecule has 14 heavy (non-hydrogen) atoms. The third kappa shape index (κ3) is 3.20. The zero-order valence-corrected chi connectivity index (χ0v) is 8.76. The Hall–Kier alpha value is -0.740. The summed E-state index contributed by atoms with van der Waals surface area (Å²) in [4.78, 5) is 0.628. The van der Waals surface area contributed by atoms with E-state index in [4.69, 9.17) is 5.11 Å². The zero-order chi connectivity index (χ0) is 10.6. The summed E-state index contributed by atoms with van der Waals surface area (Å²) in [5.74, 6) is -0.0421. The van der Waals surface area contributed by atoms with Crippen LogP contribution in [0, 0.1) is 6.92 Å². The molecule has 1 aromatic rings. The van der Waals surface area contributed by atoms with Crippen LogP contribution in [-0.2, 0) is 10.8 Å². The maximum atomic E-state index is 11.9. The molecular formula is C10H13FO2S. The summed E-state index contributed by atoms with van der Waals surface area (Å²) in [6.45, 7) is 1.08. The van der Waals surface area contributed by atoms with Gasteiger partial charge in [0.1, 0.15) is 6.67 Å². The topological polar surface area (TPSA) is 37.3 Å². The van der Waals surface area contributed by atoms with E-state index in [-0.39, 0.29) is 5.75 Å². The third-order valence-corrected chi connectivity index (χ3v) is 3.29. The highest BCUT2D eigenvalue weighted by molar-refractivity contribution is 7.85. The first kappa shape index (κ1) is 11.3. The van der Waals surface area contributed by atoms with Crippen molar-refractivity contribution in [3.63, 3.8) is 0 Å². The molecule has 0 saturated heterocycles. The Labute approximate surface area is 85.2 Å². The number of benzene rings is 1. The standard InChI is InChI=1S/C10H13FO2S/c1-8-2-4-10(5-3-8)14(13)7-9(12)6-11/h2-5,9,12H,6-7H2,1H3/t9-,14-/m1/s1. The summed E-state index contributed by atoms with van der Waals surface area (Å²) in [6.07, 6.45) is -1.13. The molecule has 0 amide bonds. The van der Waals surface area contributed by atoms with Gasteiger partial charge in [-0.25, -0.2) is 4.39 Å². The fourth-order valence-electron chi connectivity index (χ4n) is 1.01. The van der Waals surface area contributed by atoms with Crippen molar-refractivity contribution in [2.24, 2.45) is 0 Å². The predicted octanol–water partition coefficient (Wildman–Crippen LogP) is 1.43. The molecular weight excluding hydrogens is 203 g/mol. The molecule has 0 saturated carbocycles. The Morgan fingerprint density at radius 1 is 1.43 bits per heavy atom. The van der Waals surface area contributed by atoms with E-state index in [0.717, 1.165) is 5.56 Å². The maximum Gasteiger partial charge on any atom is 0.116 e. The number of aliphatic hydroxyl groups is 1. The Bertz CT molecular complexity index is 310. The SMILES string of the molecule is Cc1ccc([S@](=O)C[C@H](O)CF)cc1. The number of alkyl halides is 1. The molecule has 0 aliphatic heterocycles. The summed E-state index contributed by atoms with van der Waals surface area (Å²) in [6, 6.07) is 7.15. The first-order valence-electron chi connectivity index (χ1n) is 4.32. The summed E-state index contributed by atoms with van der Waals surface area (Å²) in [7, 11) is -1.31. The number of hydrogen-bond acceptors (Lipinski definition) is 2. The number of aryl methyl sites for hydroxylation is 1. The van der Waals surface area contributed by atoms with Gasteiger partial charge in [0.05, 0.1) is 22.7 Å². The normalized spacial score (nSPS) is 15.1. The molecule has 0 aromatic heterocycles. The van der Waals surface area contributed by atoms with E-state index in [1.54, 1.807) is 12.1 Å². The van der Waals surface area contributed by atoms with E-state index in [1.165, 1.54) is 0 Å². The summed E-state index contributed by atoms with van der Waals surface area (Å²) in [5, 5.41) is 8.98. The predicted molar refractivity (Wildman–Crippen MR) is 54.4 cm³/mol. The first-order chi connectivity index (χ1) is 6.63. The summed E-state index contributed by atoms with van der Waals surface area (Å²) < 4.78 is 23.5. The van der Waals surface area contributed by atoms with Crippen molar-refractivity contribution in [2.75, 3.05) is 12.4 Å². The van der Waals surface area contributed by atoms with Crippen LogP contribution in [0.2, 0.25) is 0 Å². The molecule has 4 heteroatoms. The molecule has 2 nitrogen and oxygen atoms in total. The molecule has 1 aromatic carbocycles. The molecule has 0 radical (unpaired) electrons. The van der Waals surface area contributed by atoms with Gasteiger partial charge >= 0.3 is 0 Å². The Morgan fingerprint density at radius 2 is 2.00 bits per heavy atom. The monoisotopic (exact) mass is 216 g/mol. The largest absolute Gasteiger partial charge is 0.389 e. The van der Waals surface area contributed by atoms with Crippen molar-refractivity contribution >= 4 is 10.8 Å². The fourth-order valence-corrected chi connectivity index (χ4v) is 2.08. The van der Waals surface area contributed by atoms with Gasteiger partial charge < -0.3 is 5.11 Å². The fraction of sp³-hybridized carbons (Fsp3) is 0.400. The Balaban J connectivity index is 2.65. The number of aliphatic hydroxyl groups excluding tert-OH is 1. The van der Waals surface area contributed by atoms with Crippen LogP contribution >= 0.6 is 0 Å². The average Bonchev–Trinajstić information content (AvgIpc) is 2.18. The average molecular weight is 216 g/mol. The number of halogens is 1. The van der Waals surface area contributed by atoms with Crippen molar-refractivity contribution in [1.82, 2.24) is 0 Å². The molecule has 0 aliphatic rings. The molecule has 0 heterocycles. The molecule has 0 bridgehead atoms. The molecule has 2 atom stereocenters. The minimum Gasteiger partial charge on any atom is -0.389 e. The lowest BCUT2D eigenvalue weighted by Gasteiger charge is -2.05. The molecule has 0 fully saturated rings. The zero-order valence-electron chi connectivity index (χ0n) is 7.94. The van der Waals surface area contributed by atoms with Crippen LogP contribution in [0.3, 0.4) is 0 Å². The van der Waals surface area contributed by atoms with Gasteiger partial charge in [-0.05, 0) is 19.1 Å². The van der Waals surface area contributed by atoms with Crippen LogP contribution in [0.25, 0.3) is 0 Å². The van der Waals surface area contributed by atoms with Gasteiger partial charge in [-0.2, -0.15) is 0 Å². The Kier molecular flexibility index (Phi) is 4.22. The van der Waals surface area contributed by atoms with Gasteiger partial charge in [-0.3, -0.25) is 4.21 Å². The van der Waals surface area contributed by atoms with Gasteiger partial charge in [0.15, 0.2) is 0 Å². The van der Waals surface area contributed by atoms with Crippen LogP contribution in [0.15, 0.2) is 29.2 Å². The van der Waals surface area contributed by atoms with E-state index in [0.29, 0.717) is 4.90 Å². The highest BCUT2D eigenvalue weighted by Gasteiger charge is 2.10. The second-order valence-electron chi connectivity index (χ2n) is 3.13. The highest BCUT2D eigenvalue weighted by Crippen LogP contribution is 2.09. The smallest absolute Gasteiger partial charge is 0.116 e. The summed E-state index contributed by atoms with van der Waals surface area (Å²) >= 11 is 0. The van der Waals surface area contributed by atoms with Gasteiger partial charge in [0.2, 0.25) is 0 Å². The second-order valence-corrected chi connectivity index (χ2v) is 4.63. The lowest BCUT2D eigenvalue weighted by atomic mass is 10.2. The maximum absolute atomic E-state index is 11.9. The molecule has 0 unspecified atom stereocenters. The van der Waals surface area contributed by atoms with Crippen molar-refractivity contribution in [3.8, 4) is 0 Å². The van der Waals surface area contributed by atoms with E-state index >= 15 is 0 Å². The van der Waals surface area contributed by atoms with Crippen LogP contribution < -0.4 is 0 Å². The van der Waals surface area contributed by atoms with E-state index in [1.807, 2.05) is 19.1 Å². The minimum absolute atomic E-state index is 0.0421. The third-order valence-electron chi connectivity index (χ3n) is 1.81. The molecule has 78 valence electrons. The van der Waals surface area contributed by atoms with Crippen molar-refractivity contribution in [3.05, 3.63) is 29.8 Å². The summed E-state index contributed by atoms with van der Waals surface area (Å²) in [5.41, 5.74) is 1.08. The molecule has 0 aliphatic carbocycles. The van der Waals surface area contributed by atoms with Gasteiger partial charge in [-0.1, -0.05) is 17.7 Å².